The molecule has 0 saturated carbocycles. The summed E-state index contributed by atoms with van der Waals surface area (Å²) in [7, 11) is 0. The summed E-state index contributed by atoms with van der Waals surface area (Å²) in [5.41, 5.74) is 2.83. The number of aromatic nitrogens is 2. The molecular weight excluding hydrogens is 481 g/mol. The van der Waals surface area contributed by atoms with Crippen LogP contribution in [0.15, 0.2) is 72.8 Å². The highest BCUT2D eigenvalue weighted by Gasteiger charge is 2.25. The van der Waals surface area contributed by atoms with Crippen molar-refractivity contribution in [2.45, 2.75) is 39.8 Å². The lowest BCUT2D eigenvalue weighted by atomic mass is 10.1. The predicted octanol–water partition coefficient (Wildman–Crippen LogP) is 7.48. The zero-order valence-electron chi connectivity index (χ0n) is 20.5. The van der Waals surface area contributed by atoms with Crippen LogP contribution in [0.4, 0.5) is 20.7 Å². The van der Waals surface area contributed by atoms with E-state index in [2.05, 4.69) is 5.10 Å². The van der Waals surface area contributed by atoms with Crippen LogP contribution in [0, 0.1) is 12.7 Å². The van der Waals surface area contributed by atoms with E-state index in [1.807, 2.05) is 55.5 Å². The van der Waals surface area contributed by atoms with Crippen molar-refractivity contribution in [3.63, 3.8) is 0 Å². The Kier molecular flexibility index (Phi) is 7.04. The maximum Gasteiger partial charge on any atom is 0.435 e. The smallest absolute Gasteiger partial charge is 0.435 e. The molecule has 1 aromatic heterocycles. The van der Waals surface area contributed by atoms with Crippen molar-refractivity contribution in [2.24, 2.45) is 0 Å². The molecule has 1 heterocycles. The number of aromatic hydroxyl groups is 1. The summed E-state index contributed by atoms with van der Waals surface area (Å²) < 4.78 is 20.7. The van der Waals surface area contributed by atoms with Crippen LogP contribution in [0.5, 0.6) is 5.75 Å². The van der Waals surface area contributed by atoms with Crippen molar-refractivity contribution >= 4 is 29.2 Å². The number of ether oxygens (including phenoxy) is 1. The molecule has 0 bridgehead atoms. The average Bonchev–Trinajstić information content (AvgIpc) is 3.25. The van der Waals surface area contributed by atoms with Crippen molar-refractivity contribution in [1.29, 1.82) is 0 Å². The first-order valence-electron chi connectivity index (χ1n) is 11.4. The molecule has 1 N–H and O–H groups in total. The number of hydrogen-bond acceptors (Lipinski definition) is 5. The third-order valence-electron chi connectivity index (χ3n) is 5.39. The molecule has 8 heteroatoms. The van der Waals surface area contributed by atoms with Crippen LogP contribution >= 0.6 is 11.6 Å². The molecule has 0 fully saturated rings. The van der Waals surface area contributed by atoms with Gasteiger partial charge in [-0.25, -0.2) is 9.18 Å². The Morgan fingerprint density at radius 1 is 1.08 bits per heavy atom. The highest BCUT2D eigenvalue weighted by molar-refractivity contribution is 6.31. The van der Waals surface area contributed by atoms with Gasteiger partial charge in [-0.05, 0) is 57.0 Å². The van der Waals surface area contributed by atoms with Gasteiger partial charge in [0, 0.05) is 28.4 Å². The van der Waals surface area contributed by atoms with Gasteiger partial charge in [0.1, 0.15) is 5.60 Å². The maximum atomic E-state index is 13.9. The number of rotatable bonds is 5. The van der Waals surface area contributed by atoms with Crippen LogP contribution in [0.3, 0.4) is 0 Å². The minimum atomic E-state index is -0.740. The lowest BCUT2D eigenvalue weighted by Crippen LogP contribution is -2.28. The third-order valence-corrected chi connectivity index (χ3v) is 5.74. The first kappa shape index (κ1) is 25.3. The minimum Gasteiger partial charge on any atom is -0.505 e. The fourth-order valence-electron chi connectivity index (χ4n) is 3.68. The molecule has 0 aliphatic heterocycles. The van der Waals surface area contributed by atoms with Crippen LogP contribution in [0.1, 0.15) is 31.9 Å². The summed E-state index contributed by atoms with van der Waals surface area (Å²) in [5, 5.41) is 15.2. The summed E-state index contributed by atoms with van der Waals surface area (Å²) in [4.78, 5) is 14.9. The molecule has 0 spiro atoms. The number of phenols is 1. The number of phenolic OH excluding ortho intramolecular Hbond substituents is 1. The van der Waals surface area contributed by atoms with Gasteiger partial charge < -0.3 is 14.7 Å². The lowest BCUT2D eigenvalue weighted by Gasteiger charge is -2.23. The van der Waals surface area contributed by atoms with E-state index in [0.717, 1.165) is 16.7 Å². The van der Waals surface area contributed by atoms with Gasteiger partial charge in [0.15, 0.2) is 17.4 Å². The molecule has 4 rings (SSSR count). The van der Waals surface area contributed by atoms with Gasteiger partial charge in [-0.3, -0.25) is 0 Å². The molecule has 3 aromatic carbocycles. The second kappa shape index (κ2) is 10.0. The third kappa shape index (κ3) is 5.69. The number of halogens is 2. The maximum absolute atomic E-state index is 13.9. The van der Waals surface area contributed by atoms with E-state index in [1.165, 1.54) is 22.9 Å². The molecule has 0 aliphatic carbocycles. The van der Waals surface area contributed by atoms with E-state index in [1.54, 1.807) is 31.7 Å². The van der Waals surface area contributed by atoms with Gasteiger partial charge in [-0.1, -0.05) is 54.1 Å². The summed E-state index contributed by atoms with van der Waals surface area (Å²) >= 11 is 6.52. The Labute approximate surface area is 214 Å². The minimum absolute atomic E-state index is 0.254. The Balaban J connectivity index is 1.87. The number of aryl methyl sites for hydroxylation is 1. The van der Waals surface area contributed by atoms with E-state index in [9.17, 15) is 14.3 Å². The molecule has 4 aromatic rings. The van der Waals surface area contributed by atoms with Gasteiger partial charge in [-0.15, -0.1) is 5.10 Å². The van der Waals surface area contributed by atoms with Crippen molar-refractivity contribution in [1.82, 2.24) is 9.78 Å². The summed E-state index contributed by atoms with van der Waals surface area (Å²) in [6.07, 6.45) is -0.636. The van der Waals surface area contributed by atoms with Crippen molar-refractivity contribution in [2.75, 3.05) is 4.90 Å². The number of benzene rings is 3. The standard InChI is InChI=1S/C28H27ClFN3O3/c1-18-10-11-20(22(29)14-18)17-32(21-12-13-23(30)25(34)15-21)26-16-24(19-8-6-5-7-9-19)33(31-26)27(35)36-28(2,3)4/h5-16,34H,17H2,1-4H3. The fourth-order valence-corrected chi connectivity index (χ4v) is 3.98. The largest absolute Gasteiger partial charge is 0.505 e. The number of nitrogens with zero attached hydrogens (tertiary/aromatic N) is 3. The van der Waals surface area contributed by atoms with Gasteiger partial charge in [0.05, 0.1) is 12.2 Å². The Hall–Kier alpha value is -3.84. The Morgan fingerprint density at radius 3 is 2.44 bits per heavy atom. The highest BCUT2D eigenvalue weighted by atomic mass is 35.5. The van der Waals surface area contributed by atoms with E-state index in [4.69, 9.17) is 16.3 Å². The van der Waals surface area contributed by atoms with Gasteiger partial charge >= 0.3 is 6.09 Å². The Bertz CT molecular complexity index is 1400. The zero-order valence-corrected chi connectivity index (χ0v) is 21.3. The lowest BCUT2D eigenvalue weighted by molar-refractivity contribution is 0.0518. The second-order valence-electron chi connectivity index (χ2n) is 9.46. The molecule has 0 radical (unpaired) electrons. The topological polar surface area (TPSA) is 67.6 Å². The van der Waals surface area contributed by atoms with Crippen LogP contribution in [0.2, 0.25) is 5.02 Å². The number of anilines is 2. The quantitative estimate of drug-likeness (QED) is 0.303. The van der Waals surface area contributed by atoms with Gasteiger partial charge in [0.2, 0.25) is 0 Å². The second-order valence-corrected chi connectivity index (χ2v) is 9.87. The van der Waals surface area contributed by atoms with Gasteiger partial charge in [0.25, 0.3) is 0 Å². The summed E-state index contributed by atoms with van der Waals surface area (Å²) in [6, 6.07) is 20.8. The summed E-state index contributed by atoms with van der Waals surface area (Å²) in [6.45, 7) is 7.54. The zero-order chi connectivity index (χ0) is 26.0. The summed E-state index contributed by atoms with van der Waals surface area (Å²) in [5.74, 6) is -0.846. The van der Waals surface area contributed by atoms with Gasteiger partial charge in [-0.2, -0.15) is 4.68 Å². The first-order chi connectivity index (χ1) is 17.0. The monoisotopic (exact) mass is 507 g/mol. The molecule has 0 aliphatic rings. The number of hydrogen-bond donors (Lipinski definition) is 1. The molecule has 0 atom stereocenters. The van der Waals surface area contributed by atoms with Crippen molar-refractivity contribution in [3.8, 4) is 17.0 Å². The van der Waals surface area contributed by atoms with Crippen molar-refractivity contribution in [3.05, 3.63) is 94.8 Å². The average molecular weight is 508 g/mol. The van der Waals surface area contributed by atoms with Crippen LogP contribution < -0.4 is 4.90 Å². The van der Waals surface area contributed by atoms with Crippen molar-refractivity contribution < 1.29 is 19.0 Å². The molecule has 36 heavy (non-hydrogen) atoms. The molecule has 0 unspecified atom stereocenters. The fraction of sp³-hybridized carbons (Fsp3) is 0.214. The van der Waals surface area contributed by atoms with Crippen LogP contribution in [-0.4, -0.2) is 26.6 Å². The first-order valence-corrected chi connectivity index (χ1v) is 11.8. The normalized spacial score (nSPS) is 11.4. The Morgan fingerprint density at radius 2 is 1.81 bits per heavy atom. The molecule has 0 saturated heterocycles. The highest BCUT2D eigenvalue weighted by Crippen LogP contribution is 2.34. The van der Waals surface area contributed by atoms with E-state index in [0.29, 0.717) is 22.2 Å². The molecular formula is C28H27ClFN3O3. The van der Waals surface area contributed by atoms with Crippen LogP contribution in [-0.2, 0) is 11.3 Å². The number of carbonyl (C=O) groups excluding carboxylic acids is 1. The number of carbonyl (C=O) groups is 1. The predicted molar refractivity (Wildman–Crippen MR) is 139 cm³/mol. The molecule has 0 amide bonds. The van der Waals surface area contributed by atoms with E-state index < -0.39 is 23.3 Å². The van der Waals surface area contributed by atoms with E-state index >= 15 is 0 Å². The molecule has 186 valence electrons. The molecule has 6 nitrogen and oxygen atoms in total. The van der Waals surface area contributed by atoms with E-state index in [-0.39, 0.29) is 6.54 Å². The SMILES string of the molecule is Cc1ccc(CN(c2ccc(F)c(O)c2)c2cc(-c3ccccc3)n(C(=O)OC(C)(C)C)n2)c(Cl)c1. The van der Waals surface area contributed by atoms with Crippen LogP contribution in [0.25, 0.3) is 11.3 Å².